The van der Waals surface area contributed by atoms with Gasteiger partial charge >= 0.3 is 57.3 Å². The molecule has 0 saturated carbocycles. The first-order chi connectivity index (χ1) is 0. The molecule has 1 N–H and O–H groups in total. The van der Waals surface area contributed by atoms with Crippen LogP contribution >= 0.6 is 0 Å². The molecule has 0 unspecified atom stereocenters. The Morgan fingerprint density at radius 3 is 0.667 bits per heavy atom. The van der Waals surface area contributed by atoms with Crippen LogP contribution in [0.25, 0.3) is 0 Å². The van der Waals surface area contributed by atoms with Crippen LogP contribution in [0.5, 0.6) is 0 Å². The SMILES string of the molecule is [La+3].[O-2].[O-2].[O-2].[OH-].[Ti+4]. The third-order valence-corrected chi connectivity index (χ3v) is 0. The molecule has 0 aromatic heterocycles. The third kappa shape index (κ3) is 42.4. The maximum Gasteiger partial charge on any atom is 4.00 e. The van der Waals surface area contributed by atoms with Crippen LogP contribution in [-0.4, -0.2) is 5.48 Å². The van der Waals surface area contributed by atoms with Crippen LogP contribution in [-0.2, 0) is 38.1 Å². The Bertz CT molecular complexity index is 7.51. The van der Waals surface area contributed by atoms with Gasteiger partial charge in [0.1, 0.15) is 0 Å². The molecule has 0 aliphatic carbocycles. The van der Waals surface area contributed by atoms with Gasteiger partial charge in [-0.25, -0.2) is 0 Å². The van der Waals surface area contributed by atoms with Gasteiger partial charge in [0.2, 0.25) is 0 Å². The van der Waals surface area contributed by atoms with E-state index >= 15 is 0 Å². The van der Waals surface area contributed by atoms with Gasteiger partial charge in [-0.15, -0.1) is 0 Å². The summed E-state index contributed by atoms with van der Waals surface area (Å²) in [4.78, 5) is 0. The summed E-state index contributed by atoms with van der Waals surface area (Å²) in [5, 5.41) is 0. The Morgan fingerprint density at radius 2 is 0.667 bits per heavy atom. The summed E-state index contributed by atoms with van der Waals surface area (Å²) in [5.41, 5.74) is 0. The van der Waals surface area contributed by atoms with Gasteiger partial charge in [-0.3, -0.25) is 0 Å². The van der Waals surface area contributed by atoms with Crippen LogP contribution < -0.4 is 0 Å². The van der Waals surface area contributed by atoms with Crippen molar-refractivity contribution in [2.45, 2.75) is 0 Å². The molecular weight excluding hydrogens is 251 g/mol. The molecule has 0 amide bonds. The van der Waals surface area contributed by atoms with E-state index in [1.807, 2.05) is 0 Å². The fourth-order valence-electron chi connectivity index (χ4n) is 0. The van der Waals surface area contributed by atoms with E-state index in [2.05, 4.69) is 0 Å². The van der Waals surface area contributed by atoms with Crippen LogP contribution in [0.2, 0.25) is 0 Å². The van der Waals surface area contributed by atoms with Crippen molar-refractivity contribution in [1.82, 2.24) is 0 Å². The first kappa shape index (κ1) is 115. The van der Waals surface area contributed by atoms with E-state index in [1.54, 1.807) is 0 Å². The molecule has 6 heteroatoms. The predicted octanol–water partition coefficient (Wildman–Crippen LogP) is -0.536. The van der Waals surface area contributed by atoms with Crippen LogP contribution in [0.15, 0.2) is 0 Å². The van der Waals surface area contributed by atoms with E-state index in [4.69, 9.17) is 0 Å². The van der Waals surface area contributed by atoms with E-state index in [0.717, 1.165) is 0 Å². The molecule has 0 aliphatic rings. The standard InChI is InChI=1S/La.H2O.3O.Ti/h;1H2;;;;/q+3;;3*-2;+4/p-1. The van der Waals surface area contributed by atoms with Gasteiger partial charge in [-0.05, 0) is 0 Å². The zero-order valence-electron chi connectivity index (χ0n) is 2.75. The van der Waals surface area contributed by atoms with Crippen molar-refractivity contribution in [2.24, 2.45) is 0 Å². The zero-order valence-corrected chi connectivity index (χ0v) is 7.94. The Kier molecular flexibility index (Phi) is 1400. The maximum atomic E-state index is 0. The van der Waals surface area contributed by atoms with Gasteiger partial charge in [-0.2, -0.15) is 0 Å². The number of hydrogen-bond donors (Lipinski definition) is 0. The van der Waals surface area contributed by atoms with Crippen molar-refractivity contribution in [2.75, 3.05) is 0 Å². The Morgan fingerprint density at radius 1 is 0.667 bits per heavy atom. The second-order valence-corrected chi connectivity index (χ2v) is 0. The smallest absolute Gasteiger partial charge is 2.00 e. The van der Waals surface area contributed by atoms with Crippen LogP contribution in [0.1, 0.15) is 0 Å². The summed E-state index contributed by atoms with van der Waals surface area (Å²) in [6, 6.07) is 0. The summed E-state index contributed by atoms with van der Waals surface area (Å²) >= 11 is 0. The minimum absolute atomic E-state index is 0. The van der Waals surface area contributed by atoms with Crippen molar-refractivity contribution in [3.8, 4) is 0 Å². The van der Waals surface area contributed by atoms with Crippen LogP contribution in [0.3, 0.4) is 0 Å². The first-order valence-electron chi connectivity index (χ1n) is 0. The normalized spacial score (nSPS) is 0. The Labute approximate surface area is 78.4 Å². The van der Waals surface area contributed by atoms with Crippen molar-refractivity contribution in [3.63, 3.8) is 0 Å². The summed E-state index contributed by atoms with van der Waals surface area (Å²) in [6.07, 6.45) is 0. The monoisotopic (exact) mass is 252 g/mol. The molecule has 0 atom stereocenters. The number of rotatable bonds is 0. The second-order valence-electron chi connectivity index (χ2n) is 0. The average molecular weight is 252 g/mol. The summed E-state index contributed by atoms with van der Waals surface area (Å²) in [6.45, 7) is 0. The van der Waals surface area contributed by atoms with Gasteiger partial charge in [0.05, 0.1) is 0 Å². The van der Waals surface area contributed by atoms with Gasteiger partial charge in [-0.1, -0.05) is 0 Å². The van der Waals surface area contributed by atoms with Gasteiger partial charge < -0.3 is 21.9 Å². The van der Waals surface area contributed by atoms with Crippen LogP contribution in [0.4, 0.5) is 0 Å². The molecule has 0 aromatic rings. The zero-order chi connectivity index (χ0) is 0. The minimum atomic E-state index is 0. The van der Waals surface area contributed by atoms with Crippen molar-refractivity contribution in [1.29, 1.82) is 0 Å². The minimum Gasteiger partial charge on any atom is -2.00 e. The quantitative estimate of drug-likeness (QED) is 0.529. The largest absolute Gasteiger partial charge is 4.00 e. The molecule has 0 saturated heterocycles. The average Bonchev–Trinajstić information content (AvgIpc) is 0. The van der Waals surface area contributed by atoms with Crippen molar-refractivity contribution >= 4 is 0 Å². The second kappa shape index (κ2) is 72.9. The van der Waals surface area contributed by atoms with Crippen LogP contribution in [0, 0.1) is 35.6 Å². The summed E-state index contributed by atoms with van der Waals surface area (Å²) in [7, 11) is 0. The maximum absolute atomic E-state index is 0. The fourth-order valence-corrected chi connectivity index (χ4v) is 0. The summed E-state index contributed by atoms with van der Waals surface area (Å²) in [5.74, 6) is 0. The van der Waals surface area contributed by atoms with Crippen molar-refractivity contribution < 1.29 is 79.2 Å². The molecule has 0 rings (SSSR count). The summed E-state index contributed by atoms with van der Waals surface area (Å²) < 4.78 is 0. The first-order valence-corrected chi connectivity index (χ1v) is 0. The molecule has 0 fully saturated rings. The fraction of sp³-hybridized carbons (Fsp3) is 0. The van der Waals surface area contributed by atoms with E-state index in [9.17, 15) is 0 Å². The molecule has 4 nitrogen and oxygen atoms in total. The van der Waals surface area contributed by atoms with E-state index < -0.39 is 0 Å². The van der Waals surface area contributed by atoms with E-state index in [0.29, 0.717) is 0 Å². The van der Waals surface area contributed by atoms with E-state index in [1.165, 1.54) is 0 Å². The molecule has 6 heavy (non-hydrogen) atoms. The Balaban J connectivity index is 0. The van der Waals surface area contributed by atoms with Gasteiger partial charge in [0, 0.05) is 0 Å². The van der Waals surface area contributed by atoms with Gasteiger partial charge in [0.25, 0.3) is 0 Å². The molecule has 0 aliphatic heterocycles. The molecule has 0 aromatic carbocycles. The van der Waals surface area contributed by atoms with E-state index in [-0.39, 0.29) is 79.2 Å². The topological polar surface area (TPSA) is 116 Å². The molecule has 0 bridgehead atoms. The van der Waals surface area contributed by atoms with Gasteiger partial charge in [0.15, 0.2) is 0 Å². The molecular formula is HLaO4Ti. The predicted molar refractivity (Wildman–Crippen MR) is 4.00 cm³/mol. The Hall–Kier alpha value is 1.75. The number of hydrogen-bond acceptors (Lipinski definition) is 1. The van der Waals surface area contributed by atoms with Crippen molar-refractivity contribution in [3.05, 3.63) is 0 Å². The molecule has 0 radical (unpaired) electrons. The third-order valence-electron chi connectivity index (χ3n) is 0. The molecule has 0 spiro atoms. The molecule has 0 heterocycles. The molecule has 32 valence electrons.